The third-order valence-corrected chi connectivity index (χ3v) is 2.69. The van der Waals surface area contributed by atoms with Crippen molar-refractivity contribution in [1.82, 2.24) is 9.97 Å². The van der Waals surface area contributed by atoms with Crippen LogP contribution in [0.3, 0.4) is 0 Å². The van der Waals surface area contributed by atoms with Crippen LogP contribution in [0.15, 0.2) is 12.4 Å². The third kappa shape index (κ3) is 3.54. The van der Waals surface area contributed by atoms with E-state index in [1.165, 1.54) is 0 Å². The summed E-state index contributed by atoms with van der Waals surface area (Å²) in [6.45, 7) is 6.48. The highest BCUT2D eigenvalue weighted by molar-refractivity contribution is 5.33. The van der Waals surface area contributed by atoms with Crippen molar-refractivity contribution in [3.63, 3.8) is 0 Å². The molecule has 1 fully saturated rings. The van der Waals surface area contributed by atoms with Gasteiger partial charge in [-0.3, -0.25) is 4.98 Å². The molecule has 18 heavy (non-hydrogen) atoms. The molecule has 1 aromatic rings. The van der Waals surface area contributed by atoms with Gasteiger partial charge in [0.2, 0.25) is 5.88 Å². The van der Waals surface area contributed by atoms with Gasteiger partial charge in [0.25, 0.3) is 0 Å². The van der Waals surface area contributed by atoms with Crippen molar-refractivity contribution in [2.45, 2.75) is 26.1 Å². The van der Waals surface area contributed by atoms with Crippen LogP contribution in [0.4, 0.5) is 5.82 Å². The van der Waals surface area contributed by atoms with Crippen LogP contribution < -0.4 is 10.1 Å². The maximum absolute atomic E-state index is 5.52. The van der Waals surface area contributed by atoms with E-state index >= 15 is 0 Å². The molecule has 0 spiro atoms. The second kappa shape index (κ2) is 5.97. The molecule has 1 aliphatic rings. The molecule has 0 bridgehead atoms. The van der Waals surface area contributed by atoms with Crippen molar-refractivity contribution in [2.24, 2.45) is 0 Å². The maximum Gasteiger partial charge on any atom is 0.234 e. The minimum absolute atomic E-state index is 0.474. The average molecular weight is 253 g/mol. The van der Waals surface area contributed by atoms with E-state index in [9.17, 15) is 0 Å². The molecule has 0 amide bonds. The minimum Gasteiger partial charge on any atom is -0.477 e. The summed E-state index contributed by atoms with van der Waals surface area (Å²) in [5.74, 6) is 0.752. The van der Waals surface area contributed by atoms with Crippen LogP contribution in [0.2, 0.25) is 0 Å². The van der Waals surface area contributed by atoms with Crippen molar-refractivity contribution in [2.75, 3.05) is 31.7 Å². The normalized spacial score (nSPS) is 17.7. The molecule has 0 aromatic carbocycles. The standard InChI is InChI=1S/C12H19N3O3/c1-3-16-11-9-13-8-10(15-11)14-5-4-12(2)17-6-7-18-12/h8-9H,3-7H2,1-2H3,(H,14,15). The van der Waals surface area contributed by atoms with E-state index in [2.05, 4.69) is 15.3 Å². The Kier molecular flexibility index (Phi) is 4.33. The Morgan fingerprint density at radius 1 is 1.39 bits per heavy atom. The number of aromatic nitrogens is 2. The van der Waals surface area contributed by atoms with E-state index in [1.54, 1.807) is 12.4 Å². The Labute approximate surface area is 107 Å². The summed E-state index contributed by atoms with van der Waals surface area (Å²) in [6.07, 6.45) is 4.02. The monoisotopic (exact) mass is 253 g/mol. The fourth-order valence-electron chi connectivity index (χ4n) is 1.77. The molecule has 1 saturated heterocycles. The highest BCUT2D eigenvalue weighted by atomic mass is 16.7. The van der Waals surface area contributed by atoms with Gasteiger partial charge in [0, 0.05) is 13.0 Å². The third-order valence-electron chi connectivity index (χ3n) is 2.69. The van der Waals surface area contributed by atoms with Crippen molar-refractivity contribution in [1.29, 1.82) is 0 Å². The van der Waals surface area contributed by atoms with Crippen molar-refractivity contribution in [3.05, 3.63) is 12.4 Å². The first-order chi connectivity index (χ1) is 8.72. The Balaban J connectivity index is 1.80. The number of ether oxygens (including phenoxy) is 3. The van der Waals surface area contributed by atoms with Gasteiger partial charge < -0.3 is 19.5 Å². The summed E-state index contributed by atoms with van der Waals surface area (Å²) in [5.41, 5.74) is 0. The van der Waals surface area contributed by atoms with Gasteiger partial charge in [0.1, 0.15) is 5.82 Å². The second-order valence-corrected chi connectivity index (χ2v) is 4.18. The Morgan fingerprint density at radius 2 is 2.17 bits per heavy atom. The van der Waals surface area contributed by atoms with Crippen LogP contribution in [0.5, 0.6) is 5.88 Å². The number of anilines is 1. The van der Waals surface area contributed by atoms with Gasteiger partial charge in [-0.15, -0.1) is 0 Å². The Morgan fingerprint density at radius 3 is 2.89 bits per heavy atom. The molecule has 0 radical (unpaired) electrons. The largest absolute Gasteiger partial charge is 0.477 e. The summed E-state index contributed by atoms with van der Waals surface area (Å²) in [5, 5.41) is 3.18. The van der Waals surface area contributed by atoms with E-state index < -0.39 is 5.79 Å². The summed E-state index contributed by atoms with van der Waals surface area (Å²) in [4.78, 5) is 8.33. The quantitative estimate of drug-likeness (QED) is 0.827. The van der Waals surface area contributed by atoms with Crippen LogP contribution in [-0.2, 0) is 9.47 Å². The molecule has 0 saturated carbocycles. The highest BCUT2D eigenvalue weighted by Crippen LogP contribution is 2.22. The number of nitrogens with one attached hydrogen (secondary N) is 1. The van der Waals surface area contributed by atoms with E-state index in [0.29, 0.717) is 38.1 Å². The summed E-state index contributed by atoms with van der Waals surface area (Å²) < 4.78 is 16.3. The molecule has 1 aliphatic heterocycles. The Hall–Kier alpha value is -1.40. The zero-order valence-electron chi connectivity index (χ0n) is 10.8. The van der Waals surface area contributed by atoms with Crippen molar-refractivity contribution < 1.29 is 14.2 Å². The summed E-state index contributed by atoms with van der Waals surface area (Å²) in [6, 6.07) is 0. The van der Waals surface area contributed by atoms with Gasteiger partial charge in [-0.25, -0.2) is 0 Å². The molecular weight excluding hydrogens is 234 g/mol. The molecule has 2 heterocycles. The van der Waals surface area contributed by atoms with Crippen LogP contribution in [0, 0.1) is 0 Å². The van der Waals surface area contributed by atoms with Gasteiger partial charge in [-0.1, -0.05) is 0 Å². The van der Waals surface area contributed by atoms with Crippen LogP contribution in [0.1, 0.15) is 20.3 Å². The topological polar surface area (TPSA) is 65.5 Å². The van der Waals surface area contributed by atoms with Gasteiger partial charge in [0.05, 0.1) is 32.2 Å². The van der Waals surface area contributed by atoms with Gasteiger partial charge >= 0.3 is 0 Å². The van der Waals surface area contributed by atoms with E-state index in [0.717, 1.165) is 6.42 Å². The Bertz CT molecular complexity index is 381. The zero-order valence-corrected chi connectivity index (χ0v) is 10.8. The number of hydrogen-bond acceptors (Lipinski definition) is 6. The molecule has 0 unspecified atom stereocenters. The smallest absolute Gasteiger partial charge is 0.234 e. The van der Waals surface area contributed by atoms with Gasteiger partial charge in [-0.05, 0) is 13.8 Å². The predicted octanol–water partition coefficient (Wildman–Crippen LogP) is 1.44. The lowest BCUT2D eigenvalue weighted by molar-refractivity contribution is -0.144. The molecule has 6 heteroatoms. The first-order valence-corrected chi connectivity index (χ1v) is 6.18. The summed E-state index contributed by atoms with van der Waals surface area (Å²) in [7, 11) is 0. The highest BCUT2D eigenvalue weighted by Gasteiger charge is 2.30. The molecule has 2 rings (SSSR count). The second-order valence-electron chi connectivity index (χ2n) is 4.18. The zero-order chi connectivity index (χ0) is 12.8. The number of hydrogen-bond donors (Lipinski definition) is 1. The lowest BCUT2D eigenvalue weighted by atomic mass is 10.2. The van der Waals surface area contributed by atoms with Crippen molar-refractivity contribution in [3.8, 4) is 5.88 Å². The molecule has 0 atom stereocenters. The predicted molar refractivity (Wildman–Crippen MR) is 66.6 cm³/mol. The summed E-state index contributed by atoms with van der Waals surface area (Å²) >= 11 is 0. The number of nitrogens with zero attached hydrogens (tertiary/aromatic N) is 2. The van der Waals surface area contributed by atoms with Crippen LogP contribution in [0.25, 0.3) is 0 Å². The van der Waals surface area contributed by atoms with Gasteiger partial charge in [0.15, 0.2) is 5.79 Å². The molecule has 100 valence electrons. The van der Waals surface area contributed by atoms with E-state index in [1.807, 2.05) is 13.8 Å². The molecule has 1 aromatic heterocycles. The molecular formula is C12H19N3O3. The lowest BCUT2D eigenvalue weighted by Gasteiger charge is -2.22. The molecule has 6 nitrogen and oxygen atoms in total. The van der Waals surface area contributed by atoms with Crippen LogP contribution in [-0.4, -0.2) is 42.1 Å². The average Bonchev–Trinajstić information content (AvgIpc) is 2.77. The molecule has 1 N–H and O–H groups in total. The fraction of sp³-hybridized carbons (Fsp3) is 0.667. The van der Waals surface area contributed by atoms with E-state index in [4.69, 9.17) is 14.2 Å². The van der Waals surface area contributed by atoms with Gasteiger partial charge in [-0.2, -0.15) is 4.98 Å². The number of rotatable bonds is 6. The first-order valence-electron chi connectivity index (χ1n) is 6.18. The fourth-order valence-corrected chi connectivity index (χ4v) is 1.77. The van der Waals surface area contributed by atoms with E-state index in [-0.39, 0.29) is 0 Å². The maximum atomic E-state index is 5.52. The lowest BCUT2D eigenvalue weighted by Crippen LogP contribution is -2.28. The van der Waals surface area contributed by atoms with Crippen LogP contribution >= 0.6 is 0 Å². The first kappa shape index (κ1) is 13.0. The SMILES string of the molecule is CCOc1cncc(NCCC2(C)OCCO2)n1. The van der Waals surface area contributed by atoms with Crippen molar-refractivity contribution >= 4 is 5.82 Å². The molecule has 0 aliphatic carbocycles. The minimum atomic E-state index is -0.474.